The molecule has 1 N–H and O–H groups in total. The van der Waals surface area contributed by atoms with Crippen molar-refractivity contribution in [2.45, 2.75) is 39.5 Å². The number of carbonyl (C=O) groups excluding carboxylic acids is 1. The van der Waals surface area contributed by atoms with Gasteiger partial charge in [0.05, 0.1) is 24.5 Å². The van der Waals surface area contributed by atoms with E-state index in [1.54, 1.807) is 25.2 Å². The normalized spacial score (nSPS) is 11.2. The molecule has 1 heterocycles. The number of aliphatic hydroxyl groups is 1. The Morgan fingerprint density at radius 1 is 1.39 bits per heavy atom. The zero-order valence-electron chi connectivity index (χ0n) is 11.3. The van der Waals surface area contributed by atoms with Crippen molar-refractivity contribution in [2.24, 2.45) is 0 Å². The summed E-state index contributed by atoms with van der Waals surface area (Å²) in [6.45, 7) is 5.71. The fraction of sp³-hybridized carbons (Fsp3) is 0.538. The van der Waals surface area contributed by atoms with Crippen LogP contribution in [0.15, 0.2) is 18.2 Å². The van der Waals surface area contributed by atoms with Crippen LogP contribution in [0.4, 0.5) is 4.79 Å². The Balaban J connectivity index is 2.63. The molecule has 1 rings (SSSR count). The minimum Gasteiger partial charge on any atom is -0.444 e. The molecule has 0 atom stereocenters. The number of aromatic nitrogens is 1. The molecule has 1 aromatic heterocycles. The van der Waals surface area contributed by atoms with Crippen molar-refractivity contribution >= 4 is 6.09 Å². The van der Waals surface area contributed by atoms with Crippen LogP contribution in [0.3, 0.4) is 0 Å². The molecular formula is C13H20N2O3. The van der Waals surface area contributed by atoms with Gasteiger partial charge < -0.3 is 14.7 Å². The summed E-state index contributed by atoms with van der Waals surface area (Å²) in [6, 6.07) is 5.34. The van der Waals surface area contributed by atoms with Crippen molar-refractivity contribution in [3.8, 4) is 0 Å². The number of hydrogen-bond donors (Lipinski definition) is 1. The number of ether oxygens (including phenoxy) is 1. The highest BCUT2D eigenvalue weighted by Crippen LogP contribution is 2.10. The van der Waals surface area contributed by atoms with E-state index in [-0.39, 0.29) is 6.61 Å². The standard InChI is InChI=1S/C13H20N2O3/c1-13(2,3)18-12(17)15(4)8-10-6-5-7-11(9-16)14-10/h5-7,16H,8-9H2,1-4H3. The first-order chi connectivity index (χ1) is 8.31. The monoisotopic (exact) mass is 252 g/mol. The maximum Gasteiger partial charge on any atom is 0.410 e. The predicted molar refractivity (Wildman–Crippen MR) is 67.9 cm³/mol. The fourth-order valence-corrected chi connectivity index (χ4v) is 1.35. The molecule has 0 saturated carbocycles. The number of pyridine rings is 1. The molecule has 0 saturated heterocycles. The molecule has 0 fully saturated rings. The number of aliphatic hydroxyl groups excluding tert-OH is 1. The first kappa shape index (κ1) is 14.4. The van der Waals surface area contributed by atoms with Gasteiger partial charge in [0.1, 0.15) is 5.60 Å². The van der Waals surface area contributed by atoms with Crippen LogP contribution in [-0.2, 0) is 17.9 Å². The Hall–Kier alpha value is -1.62. The summed E-state index contributed by atoms with van der Waals surface area (Å²) in [5.41, 5.74) is 0.797. The summed E-state index contributed by atoms with van der Waals surface area (Å²) >= 11 is 0. The smallest absolute Gasteiger partial charge is 0.410 e. The lowest BCUT2D eigenvalue weighted by atomic mass is 10.2. The third-order valence-corrected chi connectivity index (χ3v) is 2.13. The number of amides is 1. The molecule has 1 aromatic rings. The Bertz CT molecular complexity index is 413. The van der Waals surface area contributed by atoms with Gasteiger partial charge in [-0.1, -0.05) is 6.07 Å². The second kappa shape index (κ2) is 5.82. The van der Waals surface area contributed by atoms with Gasteiger partial charge >= 0.3 is 6.09 Å². The van der Waals surface area contributed by atoms with Gasteiger partial charge in [0, 0.05) is 7.05 Å². The van der Waals surface area contributed by atoms with Gasteiger partial charge in [-0.05, 0) is 32.9 Å². The van der Waals surface area contributed by atoms with Gasteiger partial charge in [-0.3, -0.25) is 4.98 Å². The van der Waals surface area contributed by atoms with Crippen molar-refractivity contribution in [1.82, 2.24) is 9.88 Å². The summed E-state index contributed by atoms with van der Waals surface area (Å²) < 4.78 is 5.24. The summed E-state index contributed by atoms with van der Waals surface area (Å²) in [5.74, 6) is 0. The number of rotatable bonds is 3. The number of hydrogen-bond acceptors (Lipinski definition) is 4. The lowest BCUT2D eigenvalue weighted by molar-refractivity contribution is 0.0283. The maximum atomic E-state index is 11.7. The summed E-state index contributed by atoms with van der Waals surface area (Å²) in [7, 11) is 1.65. The van der Waals surface area contributed by atoms with E-state index < -0.39 is 11.7 Å². The predicted octanol–water partition coefficient (Wildman–Crippen LogP) is 1.94. The molecule has 0 spiro atoms. The zero-order valence-corrected chi connectivity index (χ0v) is 11.3. The first-order valence-electron chi connectivity index (χ1n) is 5.81. The molecule has 0 aliphatic heterocycles. The average molecular weight is 252 g/mol. The van der Waals surface area contributed by atoms with E-state index in [0.29, 0.717) is 12.2 Å². The molecule has 5 nitrogen and oxygen atoms in total. The van der Waals surface area contributed by atoms with Crippen molar-refractivity contribution < 1.29 is 14.6 Å². The van der Waals surface area contributed by atoms with E-state index in [1.807, 2.05) is 20.8 Å². The molecular weight excluding hydrogens is 232 g/mol. The van der Waals surface area contributed by atoms with Gasteiger partial charge in [-0.2, -0.15) is 0 Å². The SMILES string of the molecule is CN(Cc1cccc(CO)n1)C(=O)OC(C)(C)C. The topological polar surface area (TPSA) is 62.7 Å². The summed E-state index contributed by atoms with van der Waals surface area (Å²) in [6.07, 6.45) is -0.390. The summed E-state index contributed by atoms with van der Waals surface area (Å²) in [4.78, 5) is 17.4. The highest BCUT2D eigenvalue weighted by Gasteiger charge is 2.19. The molecule has 100 valence electrons. The van der Waals surface area contributed by atoms with Gasteiger partial charge in [0.2, 0.25) is 0 Å². The quantitative estimate of drug-likeness (QED) is 0.893. The highest BCUT2D eigenvalue weighted by molar-refractivity contribution is 5.67. The molecule has 0 unspecified atom stereocenters. The second-order valence-corrected chi connectivity index (χ2v) is 5.11. The molecule has 0 aliphatic rings. The molecule has 5 heteroatoms. The van der Waals surface area contributed by atoms with Crippen LogP contribution in [-0.4, -0.2) is 33.7 Å². The molecule has 0 aliphatic carbocycles. The van der Waals surface area contributed by atoms with Crippen molar-refractivity contribution in [2.75, 3.05) is 7.05 Å². The van der Waals surface area contributed by atoms with Gasteiger partial charge in [-0.15, -0.1) is 0 Å². The molecule has 18 heavy (non-hydrogen) atoms. The van der Waals surface area contributed by atoms with Crippen LogP contribution in [0.1, 0.15) is 32.2 Å². The van der Waals surface area contributed by atoms with E-state index >= 15 is 0 Å². The average Bonchev–Trinajstić information content (AvgIpc) is 2.27. The second-order valence-electron chi connectivity index (χ2n) is 5.11. The van der Waals surface area contributed by atoms with E-state index in [2.05, 4.69) is 4.98 Å². The van der Waals surface area contributed by atoms with E-state index in [1.165, 1.54) is 4.90 Å². The molecule has 0 aromatic carbocycles. The Morgan fingerprint density at radius 3 is 2.56 bits per heavy atom. The molecule has 0 radical (unpaired) electrons. The molecule has 0 bridgehead atoms. The Labute approximate surface area is 107 Å². The zero-order chi connectivity index (χ0) is 13.8. The van der Waals surface area contributed by atoms with Crippen LogP contribution < -0.4 is 0 Å². The summed E-state index contributed by atoms with van der Waals surface area (Å²) in [5, 5.41) is 8.99. The van der Waals surface area contributed by atoms with E-state index in [0.717, 1.165) is 5.69 Å². The Morgan fingerprint density at radius 2 is 2.00 bits per heavy atom. The first-order valence-corrected chi connectivity index (χ1v) is 5.81. The lowest BCUT2D eigenvalue weighted by Crippen LogP contribution is -2.34. The number of carbonyl (C=O) groups is 1. The third kappa shape index (κ3) is 4.71. The van der Waals surface area contributed by atoms with Crippen molar-refractivity contribution in [3.63, 3.8) is 0 Å². The van der Waals surface area contributed by atoms with Crippen molar-refractivity contribution in [3.05, 3.63) is 29.6 Å². The highest BCUT2D eigenvalue weighted by atomic mass is 16.6. The van der Waals surface area contributed by atoms with Crippen LogP contribution >= 0.6 is 0 Å². The maximum absolute atomic E-state index is 11.7. The van der Waals surface area contributed by atoms with Crippen LogP contribution in [0.5, 0.6) is 0 Å². The lowest BCUT2D eigenvalue weighted by Gasteiger charge is -2.24. The van der Waals surface area contributed by atoms with Crippen LogP contribution in [0.2, 0.25) is 0 Å². The largest absolute Gasteiger partial charge is 0.444 e. The van der Waals surface area contributed by atoms with Gasteiger partial charge in [-0.25, -0.2) is 4.79 Å². The van der Waals surface area contributed by atoms with Crippen molar-refractivity contribution in [1.29, 1.82) is 0 Å². The molecule has 1 amide bonds. The Kier molecular flexibility index (Phi) is 4.67. The van der Waals surface area contributed by atoms with Gasteiger partial charge in [0.25, 0.3) is 0 Å². The third-order valence-electron chi connectivity index (χ3n) is 2.13. The minimum absolute atomic E-state index is 0.107. The van der Waals surface area contributed by atoms with Crippen LogP contribution in [0, 0.1) is 0 Å². The van der Waals surface area contributed by atoms with Crippen LogP contribution in [0.25, 0.3) is 0 Å². The minimum atomic E-state index is -0.508. The van der Waals surface area contributed by atoms with Gasteiger partial charge in [0.15, 0.2) is 0 Å². The fourth-order valence-electron chi connectivity index (χ4n) is 1.35. The van der Waals surface area contributed by atoms with E-state index in [4.69, 9.17) is 9.84 Å². The number of nitrogens with zero attached hydrogens (tertiary/aromatic N) is 2. The van der Waals surface area contributed by atoms with E-state index in [9.17, 15) is 4.79 Å².